The maximum atomic E-state index is 12.6. The van der Waals surface area contributed by atoms with Crippen molar-refractivity contribution >= 4 is 23.0 Å². The number of carbonyl (C=O) groups excluding carboxylic acids is 1. The molecule has 3 aromatic carbocycles. The molecule has 0 bridgehead atoms. The van der Waals surface area contributed by atoms with E-state index in [1.54, 1.807) is 0 Å². The molecule has 3 rings (SSSR count). The van der Waals surface area contributed by atoms with Gasteiger partial charge in [-0.25, -0.2) is 0 Å². The Bertz CT molecular complexity index is 876. The number of nitrogens with one attached hydrogen (secondary N) is 2. The first-order chi connectivity index (χ1) is 13.1. The maximum Gasteiger partial charge on any atom is 0.265 e. The van der Waals surface area contributed by atoms with Crippen LogP contribution in [0.4, 0.5) is 17.1 Å². The third-order valence-corrected chi connectivity index (χ3v) is 4.15. The van der Waals surface area contributed by atoms with Crippen LogP contribution in [0, 0.1) is 6.92 Å². The van der Waals surface area contributed by atoms with Gasteiger partial charge < -0.3 is 15.4 Å². The molecule has 0 aliphatic heterocycles. The number of benzene rings is 3. The topological polar surface area (TPSA) is 50.4 Å². The summed E-state index contributed by atoms with van der Waals surface area (Å²) < 4.78 is 5.86. The first-order valence-corrected chi connectivity index (χ1v) is 9.10. The van der Waals surface area contributed by atoms with Crippen LogP contribution >= 0.6 is 0 Å². The van der Waals surface area contributed by atoms with Crippen LogP contribution in [0.15, 0.2) is 78.9 Å². The monoisotopic (exact) mass is 360 g/mol. The largest absolute Gasteiger partial charge is 0.481 e. The zero-order valence-corrected chi connectivity index (χ0v) is 15.6. The molecular weight excluding hydrogens is 336 g/mol. The minimum Gasteiger partial charge on any atom is -0.481 e. The van der Waals surface area contributed by atoms with Crippen LogP contribution in [0.5, 0.6) is 5.75 Å². The molecule has 1 atom stereocenters. The van der Waals surface area contributed by atoms with E-state index >= 15 is 0 Å². The number of ether oxygens (including phenoxy) is 1. The quantitative estimate of drug-likeness (QED) is 0.582. The second kappa shape index (κ2) is 8.90. The summed E-state index contributed by atoms with van der Waals surface area (Å²) in [7, 11) is 0. The average molecular weight is 360 g/mol. The number of rotatable bonds is 7. The molecule has 1 amide bonds. The van der Waals surface area contributed by atoms with Crippen LogP contribution in [0.25, 0.3) is 0 Å². The van der Waals surface area contributed by atoms with Gasteiger partial charge in [-0.3, -0.25) is 4.79 Å². The Kier molecular flexibility index (Phi) is 6.10. The van der Waals surface area contributed by atoms with Crippen molar-refractivity contribution in [2.45, 2.75) is 26.4 Å². The molecule has 138 valence electrons. The molecule has 0 aliphatic carbocycles. The lowest BCUT2D eigenvalue weighted by Gasteiger charge is -2.18. The molecule has 0 aromatic heterocycles. The number of amides is 1. The molecule has 0 saturated carbocycles. The zero-order chi connectivity index (χ0) is 19.1. The fourth-order valence-electron chi connectivity index (χ4n) is 2.72. The van der Waals surface area contributed by atoms with Crippen LogP contribution in [0.1, 0.15) is 18.9 Å². The number of anilines is 3. The standard InChI is InChI=1S/C23H24N2O2/c1-3-22(27-21-11-7-8-17(2)16-21)23(26)25-20-14-12-19(13-15-20)24-18-9-5-4-6-10-18/h4-16,22,24H,3H2,1-2H3,(H,25,26). The lowest BCUT2D eigenvalue weighted by molar-refractivity contribution is -0.122. The fraction of sp³-hybridized carbons (Fsp3) is 0.174. The smallest absolute Gasteiger partial charge is 0.265 e. The van der Waals surface area contributed by atoms with Crippen molar-refractivity contribution in [3.63, 3.8) is 0 Å². The molecule has 0 saturated heterocycles. The Morgan fingerprint density at radius 3 is 2.22 bits per heavy atom. The zero-order valence-electron chi connectivity index (χ0n) is 15.6. The Hall–Kier alpha value is -3.27. The van der Waals surface area contributed by atoms with Gasteiger partial charge in [0.1, 0.15) is 5.75 Å². The summed E-state index contributed by atoms with van der Waals surface area (Å²) in [5.74, 6) is 0.558. The van der Waals surface area contributed by atoms with Gasteiger partial charge in [0, 0.05) is 17.1 Å². The Labute approximate surface area is 160 Å². The number of aryl methyl sites for hydroxylation is 1. The van der Waals surface area contributed by atoms with Gasteiger partial charge in [0.25, 0.3) is 5.91 Å². The number of carbonyl (C=O) groups is 1. The van der Waals surface area contributed by atoms with E-state index in [0.717, 1.165) is 22.6 Å². The molecule has 0 radical (unpaired) electrons. The van der Waals surface area contributed by atoms with Crippen molar-refractivity contribution < 1.29 is 9.53 Å². The normalized spacial score (nSPS) is 11.5. The van der Waals surface area contributed by atoms with E-state index in [9.17, 15) is 4.79 Å². The summed E-state index contributed by atoms with van der Waals surface area (Å²) >= 11 is 0. The molecule has 0 aliphatic rings. The molecule has 2 N–H and O–H groups in total. The van der Waals surface area contributed by atoms with Crippen molar-refractivity contribution in [3.8, 4) is 5.75 Å². The highest BCUT2D eigenvalue weighted by Crippen LogP contribution is 2.20. The van der Waals surface area contributed by atoms with Crippen molar-refractivity contribution in [1.29, 1.82) is 0 Å². The van der Waals surface area contributed by atoms with E-state index in [1.807, 2.05) is 92.7 Å². The minimum absolute atomic E-state index is 0.150. The predicted octanol–water partition coefficient (Wildman–Crippen LogP) is 5.53. The van der Waals surface area contributed by atoms with E-state index < -0.39 is 6.10 Å². The first-order valence-electron chi connectivity index (χ1n) is 9.10. The summed E-state index contributed by atoms with van der Waals surface area (Å²) in [5, 5.41) is 6.25. The van der Waals surface area contributed by atoms with Crippen LogP contribution in [0.2, 0.25) is 0 Å². The van der Waals surface area contributed by atoms with Crippen LogP contribution in [0.3, 0.4) is 0 Å². The predicted molar refractivity (Wildman–Crippen MR) is 111 cm³/mol. The molecule has 0 fully saturated rings. The number of hydrogen-bond donors (Lipinski definition) is 2. The summed E-state index contributed by atoms with van der Waals surface area (Å²) in [6, 6.07) is 25.3. The number of hydrogen-bond acceptors (Lipinski definition) is 3. The van der Waals surface area contributed by atoms with Gasteiger partial charge in [-0.2, -0.15) is 0 Å². The highest BCUT2D eigenvalue weighted by atomic mass is 16.5. The molecule has 27 heavy (non-hydrogen) atoms. The van der Waals surface area contributed by atoms with Crippen molar-refractivity contribution in [2.24, 2.45) is 0 Å². The highest BCUT2D eigenvalue weighted by Gasteiger charge is 2.18. The first kappa shape index (κ1) is 18.5. The Morgan fingerprint density at radius 1 is 0.889 bits per heavy atom. The highest BCUT2D eigenvalue weighted by molar-refractivity contribution is 5.94. The summed E-state index contributed by atoms with van der Waals surface area (Å²) in [4.78, 5) is 12.6. The maximum absolute atomic E-state index is 12.6. The molecule has 0 spiro atoms. The number of para-hydroxylation sites is 1. The summed E-state index contributed by atoms with van der Waals surface area (Å²) in [6.45, 7) is 3.94. The molecule has 4 nitrogen and oxygen atoms in total. The van der Waals surface area contributed by atoms with Gasteiger partial charge in [0.15, 0.2) is 6.10 Å². The molecule has 3 aromatic rings. The SMILES string of the molecule is CCC(Oc1cccc(C)c1)C(=O)Nc1ccc(Nc2ccccc2)cc1. The van der Waals surface area contributed by atoms with E-state index in [1.165, 1.54) is 0 Å². The van der Waals surface area contributed by atoms with Crippen LogP contribution in [-0.4, -0.2) is 12.0 Å². The van der Waals surface area contributed by atoms with Gasteiger partial charge in [0.05, 0.1) is 0 Å². The lowest BCUT2D eigenvalue weighted by Crippen LogP contribution is -2.32. The van der Waals surface area contributed by atoms with Crippen molar-refractivity contribution in [2.75, 3.05) is 10.6 Å². The van der Waals surface area contributed by atoms with E-state index in [4.69, 9.17) is 4.74 Å². The lowest BCUT2D eigenvalue weighted by atomic mass is 10.2. The van der Waals surface area contributed by atoms with Gasteiger partial charge in [-0.05, 0) is 67.4 Å². The van der Waals surface area contributed by atoms with Gasteiger partial charge >= 0.3 is 0 Å². The third kappa shape index (κ3) is 5.35. The molecule has 1 unspecified atom stereocenters. The van der Waals surface area contributed by atoms with Crippen molar-refractivity contribution in [3.05, 3.63) is 84.4 Å². The van der Waals surface area contributed by atoms with Crippen molar-refractivity contribution in [1.82, 2.24) is 0 Å². The molecular formula is C23H24N2O2. The summed E-state index contributed by atoms with van der Waals surface area (Å²) in [6.07, 6.45) is 0.0573. The Morgan fingerprint density at radius 2 is 1.56 bits per heavy atom. The van der Waals surface area contributed by atoms with Gasteiger partial charge in [0.2, 0.25) is 0 Å². The van der Waals surface area contributed by atoms with Crippen LogP contribution in [-0.2, 0) is 4.79 Å². The fourth-order valence-corrected chi connectivity index (χ4v) is 2.72. The Balaban J connectivity index is 1.60. The second-order valence-electron chi connectivity index (χ2n) is 6.39. The van der Waals surface area contributed by atoms with E-state index in [2.05, 4.69) is 10.6 Å². The molecule has 4 heteroatoms. The minimum atomic E-state index is -0.533. The van der Waals surface area contributed by atoms with Gasteiger partial charge in [-0.1, -0.05) is 37.3 Å². The second-order valence-corrected chi connectivity index (χ2v) is 6.39. The average Bonchev–Trinajstić information content (AvgIpc) is 2.68. The van der Waals surface area contributed by atoms with E-state index in [-0.39, 0.29) is 5.91 Å². The molecule has 0 heterocycles. The third-order valence-electron chi connectivity index (χ3n) is 4.15. The summed E-state index contributed by atoms with van der Waals surface area (Å²) in [5.41, 5.74) is 3.82. The van der Waals surface area contributed by atoms with Crippen LogP contribution < -0.4 is 15.4 Å². The van der Waals surface area contributed by atoms with E-state index in [0.29, 0.717) is 12.2 Å². The van der Waals surface area contributed by atoms with Gasteiger partial charge in [-0.15, -0.1) is 0 Å².